The number of aryl methyl sites for hydroxylation is 1. The van der Waals surface area contributed by atoms with Crippen LogP contribution in [0.5, 0.6) is 0 Å². The highest BCUT2D eigenvalue weighted by Crippen LogP contribution is 2.34. The summed E-state index contributed by atoms with van der Waals surface area (Å²) in [5, 5.41) is 2.28. The fourth-order valence-corrected chi connectivity index (χ4v) is 2.92. The van der Waals surface area contributed by atoms with Crippen molar-refractivity contribution >= 4 is 22.4 Å². The number of halogens is 1. The summed E-state index contributed by atoms with van der Waals surface area (Å²) in [5.41, 5.74) is 2.39. The number of hydrogen-bond acceptors (Lipinski definition) is 2. The van der Waals surface area contributed by atoms with E-state index in [2.05, 4.69) is 37.3 Å². The standard InChI is InChI=1S/C16H17ClO2/c1-11-6-7-14(13-5-3-2-4-12(11)13)16(17)15-10-18-8-9-19-15/h2-7,15-16H,8-10H2,1H3. The molecule has 1 saturated heterocycles. The monoisotopic (exact) mass is 276 g/mol. The van der Waals surface area contributed by atoms with Crippen LogP contribution in [0.25, 0.3) is 10.8 Å². The van der Waals surface area contributed by atoms with Crippen molar-refractivity contribution in [1.82, 2.24) is 0 Å². The van der Waals surface area contributed by atoms with Gasteiger partial charge in [0.05, 0.1) is 25.2 Å². The molecule has 0 amide bonds. The SMILES string of the molecule is Cc1ccc(C(Cl)C2COCCO2)c2ccccc12. The highest BCUT2D eigenvalue weighted by Gasteiger charge is 2.26. The lowest BCUT2D eigenvalue weighted by atomic mass is 9.96. The Kier molecular flexibility index (Phi) is 3.74. The number of fused-ring (bicyclic) bond motifs is 1. The lowest BCUT2D eigenvalue weighted by Gasteiger charge is -2.27. The molecule has 0 radical (unpaired) electrons. The van der Waals surface area contributed by atoms with Crippen molar-refractivity contribution in [2.45, 2.75) is 18.4 Å². The van der Waals surface area contributed by atoms with E-state index in [0.29, 0.717) is 19.8 Å². The molecular weight excluding hydrogens is 260 g/mol. The van der Waals surface area contributed by atoms with E-state index in [1.54, 1.807) is 0 Å². The molecular formula is C16H17ClO2. The van der Waals surface area contributed by atoms with Gasteiger partial charge in [0, 0.05) is 0 Å². The first-order valence-electron chi connectivity index (χ1n) is 6.59. The van der Waals surface area contributed by atoms with Crippen molar-refractivity contribution in [2.75, 3.05) is 19.8 Å². The van der Waals surface area contributed by atoms with Crippen LogP contribution in [0.3, 0.4) is 0 Å². The van der Waals surface area contributed by atoms with Gasteiger partial charge in [0.1, 0.15) is 6.10 Å². The van der Waals surface area contributed by atoms with Gasteiger partial charge in [-0.1, -0.05) is 36.4 Å². The van der Waals surface area contributed by atoms with E-state index in [1.165, 1.54) is 16.3 Å². The normalized spacial score (nSPS) is 21.5. The Morgan fingerprint density at radius 1 is 1.11 bits per heavy atom. The molecule has 0 spiro atoms. The zero-order chi connectivity index (χ0) is 13.2. The smallest absolute Gasteiger partial charge is 0.101 e. The van der Waals surface area contributed by atoms with Crippen molar-refractivity contribution in [3.63, 3.8) is 0 Å². The summed E-state index contributed by atoms with van der Waals surface area (Å²) in [6.45, 7) is 3.97. The number of benzene rings is 2. The van der Waals surface area contributed by atoms with Crippen LogP contribution in [0.15, 0.2) is 36.4 Å². The highest BCUT2D eigenvalue weighted by atomic mass is 35.5. The maximum absolute atomic E-state index is 6.61. The summed E-state index contributed by atoms with van der Waals surface area (Å²) in [6, 6.07) is 12.6. The van der Waals surface area contributed by atoms with Crippen LogP contribution in [0, 0.1) is 6.92 Å². The third kappa shape index (κ3) is 2.48. The average Bonchev–Trinajstić information content (AvgIpc) is 2.48. The summed E-state index contributed by atoms with van der Waals surface area (Å²) in [4.78, 5) is 0. The van der Waals surface area contributed by atoms with Crippen LogP contribution in [0.4, 0.5) is 0 Å². The molecule has 0 N–H and O–H groups in total. The molecule has 1 fully saturated rings. The van der Waals surface area contributed by atoms with Gasteiger partial charge in [0.25, 0.3) is 0 Å². The number of alkyl halides is 1. The van der Waals surface area contributed by atoms with Gasteiger partial charge in [-0.3, -0.25) is 0 Å². The molecule has 1 aliphatic rings. The van der Waals surface area contributed by atoms with E-state index in [-0.39, 0.29) is 11.5 Å². The second kappa shape index (κ2) is 5.49. The summed E-state index contributed by atoms with van der Waals surface area (Å²) in [6.07, 6.45) is -0.0680. The summed E-state index contributed by atoms with van der Waals surface area (Å²) < 4.78 is 11.2. The minimum absolute atomic E-state index is 0.0680. The zero-order valence-electron chi connectivity index (χ0n) is 10.9. The first-order chi connectivity index (χ1) is 9.27. The van der Waals surface area contributed by atoms with Gasteiger partial charge in [-0.05, 0) is 28.8 Å². The average molecular weight is 277 g/mol. The summed E-state index contributed by atoms with van der Waals surface area (Å²) in [7, 11) is 0. The van der Waals surface area contributed by atoms with Crippen molar-refractivity contribution in [1.29, 1.82) is 0 Å². The highest BCUT2D eigenvalue weighted by molar-refractivity contribution is 6.22. The molecule has 2 atom stereocenters. The Bertz CT molecular complexity index is 576. The Morgan fingerprint density at radius 2 is 1.89 bits per heavy atom. The quantitative estimate of drug-likeness (QED) is 0.776. The first kappa shape index (κ1) is 12.9. The van der Waals surface area contributed by atoms with Gasteiger partial charge in [-0.25, -0.2) is 0 Å². The molecule has 1 heterocycles. The van der Waals surface area contributed by atoms with Crippen molar-refractivity contribution in [3.05, 3.63) is 47.5 Å². The molecule has 2 unspecified atom stereocenters. The minimum atomic E-state index is -0.175. The fraction of sp³-hybridized carbons (Fsp3) is 0.375. The molecule has 3 heteroatoms. The maximum atomic E-state index is 6.61. The molecule has 0 aromatic heterocycles. The van der Waals surface area contributed by atoms with Gasteiger partial charge >= 0.3 is 0 Å². The number of ether oxygens (including phenoxy) is 2. The molecule has 3 rings (SSSR count). The zero-order valence-corrected chi connectivity index (χ0v) is 11.7. The predicted molar refractivity (Wildman–Crippen MR) is 77.8 cm³/mol. The van der Waals surface area contributed by atoms with Gasteiger partial charge in [0.2, 0.25) is 0 Å². The fourth-order valence-electron chi connectivity index (χ4n) is 2.59. The van der Waals surface area contributed by atoms with Crippen LogP contribution >= 0.6 is 11.6 Å². The third-order valence-corrected chi connectivity index (χ3v) is 4.16. The van der Waals surface area contributed by atoms with Crippen LogP contribution in [-0.4, -0.2) is 25.9 Å². The molecule has 0 aliphatic carbocycles. The third-order valence-electron chi connectivity index (χ3n) is 3.64. The van der Waals surface area contributed by atoms with Crippen LogP contribution in [0.1, 0.15) is 16.5 Å². The maximum Gasteiger partial charge on any atom is 0.101 e. The van der Waals surface area contributed by atoms with Gasteiger partial charge in [0.15, 0.2) is 0 Å². The predicted octanol–water partition coefficient (Wildman–Crippen LogP) is 3.84. The second-order valence-corrected chi connectivity index (χ2v) is 5.37. The number of hydrogen-bond donors (Lipinski definition) is 0. The Labute approximate surface area is 118 Å². The minimum Gasteiger partial charge on any atom is -0.376 e. The van der Waals surface area contributed by atoms with Crippen molar-refractivity contribution in [2.24, 2.45) is 0 Å². The van der Waals surface area contributed by atoms with Crippen LogP contribution < -0.4 is 0 Å². The van der Waals surface area contributed by atoms with E-state index in [4.69, 9.17) is 21.1 Å². The molecule has 2 aromatic rings. The summed E-state index contributed by atoms with van der Waals surface area (Å²) in [5.74, 6) is 0. The molecule has 0 saturated carbocycles. The van der Waals surface area contributed by atoms with Crippen molar-refractivity contribution in [3.8, 4) is 0 Å². The van der Waals surface area contributed by atoms with Crippen molar-refractivity contribution < 1.29 is 9.47 Å². The van der Waals surface area contributed by atoms with Gasteiger partial charge in [-0.15, -0.1) is 11.6 Å². The Morgan fingerprint density at radius 3 is 2.63 bits per heavy atom. The lowest BCUT2D eigenvalue weighted by Crippen LogP contribution is -2.32. The molecule has 19 heavy (non-hydrogen) atoms. The topological polar surface area (TPSA) is 18.5 Å². The number of rotatable bonds is 2. The lowest BCUT2D eigenvalue weighted by molar-refractivity contribution is -0.0891. The molecule has 2 aromatic carbocycles. The van der Waals surface area contributed by atoms with E-state index in [0.717, 1.165) is 5.56 Å². The van der Waals surface area contributed by atoms with E-state index in [1.807, 2.05) is 6.07 Å². The largest absolute Gasteiger partial charge is 0.376 e. The first-order valence-corrected chi connectivity index (χ1v) is 7.02. The molecule has 2 nitrogen and oxygen atoms in total. The van der Waals surface area contributed by atoms with E-state index < -0.39 is 0 Å². The Hall–Kier alpha value is -1.09. The van der Waals surface area contributed by atoms with E-state index in [9.17, 15) is 0 Å². The van der Waals surface area contributed by atoms with E-state index >= 15 is 0 Å². The van der Waals surface area contributed by atoms with Gasteiger partial charge < -0.3 is 9.47 Å². The van der Waals surface area contributed by atoms with Crippen LogP contribution in [-0.2, 0) is 9.47 Å². The Balaban J connectivity index is 2.02. The van der Waals surface area contributed by atoms with Crippen LogP contribution in [0.2, 0.25) is 0 Å². The molecule has 1 aliphatic heterocycles. The molecule has 100 valence electrons. The summed E-state index contributed by atoms with van der Waals surface area (Å²) >= 11 is 6.61. The van der Waals surface area contributed by atoms with Gasteiger partial charge in [-0.2, -0.15) is 0 Å². The second-order valence-electron chi connectivity index (χ2n) is 4.90. The molecule has 0 bridgehead atoms.